The van der Waals surface area contributed by atoms with Crippen LogP contribution in [0.25, 0.3) is 0 Å². The van der Waals surface area contributed by atoms with Gasteiger partial charge in [-0.2, -0.15) is 0 Å². The van der Waals surface area contributed by atoms with Crippen molar-refractivity contribution < 1.29 is 14.2 Å². The molecule has 0 saturated carbocycles. The van der Waals surface area contributed by atoms with Crippen LogP contribution in [0.2, 0.25) is 0 Å². The number of benzene rings is 1. The maximum atomic E-state index is 5.81. The number of rotatable bonds is 9. The first kappa shape index (κ1) is 16.8. The highest BCUT2D eigenvalue weighted by molar-refractivity contribution is 5.43. The first-order valence-electron chi connectivity index (χ1n) is 7.37. The van der Waals surface area contributed by atoms with Gasteiger partial charge in [-0.1, -0.05) is 26.8 Å². The van der Waals surface area contributed by atoms with Gasteiger partial charge in [0.15, 0.2) is 11.5 Å². The molecule has 1 atom stereocenters. The molecule has 0 N–H and O–H groups in total. The Balaban J connectivity index is 2.69. The molecule has 114 valence electrons. The van der Waals surface area contributed by atoms with Crippen LogP contribution in [0.15, 0.2) is 18.2 Å². The zero-order chi connectivity index (χ0) is 15.0. The van der Waals surface area contributed by atoms with E-state index in [2.05, 4.69) is 32.9 Å². The van der Waals surface area contributed by atoms with E-state index in [1.54, 1.807) is 14.2 Å². The zero-order valence-electron chi connectivity index (χ0n) is 13.4. The van der Waals surface area contributed by atoms with Crippen LogP contribution in [0.5, 0.6) is 11.5 Å². The van der Waals surface area contributed by atoms with E-state index < -0.39 is 0 Å². The van der Waals surface area contributed by atoms with Gasteiger partial charge in [0.25, 0.3) is 0 Å². The third-order valence-corrected chi connectivity index (χ3v) is 3.67. The Bertz CT molecular complexity index is 388. The SMILES string of the molecule is COCCCOc1cc(C[C@@H](C)C(C)C)ccc1OC. The van der Waals surface area contributed by atoms with Crippen LogP contribution in [0.4, 0.5) is 0 Å². The smallest absolute Gasteiger partial charge is 0.161 e. The summed E-state index contributed by atoms with van der Waals surface area (Å²) in [5, 5.41) is 0. The van der Waals surface area contributed by atoms with Crippen molar-refractivity contribution >= 4 is 0 Å². The molecule has 0 radical (unpaired) electrons. The predicted molar refractivity (Wildman–Crippen MR) is 82.7 cm³/mol. The van der Waals surface area contributed by atoms with E-state index in [-0.39, 0.29) is 0 Å². The highest BCUT2D eigenvalue weighted by atomic mass is 16.5. The van der Waals surface area contributed by atoms with Gasteiger partial charge in [0.05, 0.1) is 13.7 Å². The van der Waals surface area contributed by atoms with Gasteiger partial charge >= 0.3 is 0 Å². The summed E-state index contributed by atoms with van der Waals surface area (Å²) < 4.78 is 16.2. The third-order valence-electron chi connectivity index (χ3n) is 3.67. The van der Waals surface area contributed by atoms with Gasteiger partial charge in [0.2, 0.25) is 0 Å². The Morgan fingerprint density at radius 1 is 1.00 bits per heavy atom. The molecule has 0 bridgehead atoms. The summed E-state index contributed by atoms with van der Waals surface area (Å²) in [5.74, 6) is 2.97. The van der Waals surface area contributed by atoms with Gasteiger partial charge in [-0.25, -0.2) is 0 Å². The van der Waals surface area contributed by atoms with Crippen LogP contribution in [-0.4, -0.2) is 27.4 Å². The first-order valence-corrected chi connectivity index (χ1v) is 7.37. The van der Waals surface area contributed by atoms with Gasteiger partial charge in [-0.3, -0.25) is 0 Å². The van der Waals surface area contributed by atoms with Crippen molar-refractivity contribution in [1.29, 1.82) is 0 Å². The maximum absolute atomic E-state index is 5.81. The molecular weight excluding hydrogens is 252 g/mol. The molecule has 3 nitrogen and oxygen atoms in total. The lowest BCUT2D eigenvalue weighted by atomic mass is 9.91. The third kappa shape index (κ3) is 5.41. The van der Waals surface area contributed by atoms with Crippen LogP contribution in [0.3, 0.4) is 0 Å². The van der Waals surface area contributed by atoms with E-state index in [4.69, 9.17) is 14.2 Å². The quantitative estimate of drug-likeness (QED) is 0.641. The lowest BCUT2D eigenvalue weighted by Crippen LogP contribution is -2.08. The molecule has 0 aromatic heterocycles. The summed E-state index contributed by atoms with van der Waals surface area (Å²) in [6.07, 6.45) is 1.95. The topological polar surface area (TPSA) is 27.7 Å². The Kier molecular flexibility index (Phi) is 7.45. The fourth-order valence-electron chi connectivity index (χ4n) is 1.95. The van der Waals surface area contributed by atoms with E-state index in [0.717, 1.165) is 24.3 Å². The summed E-state index contributed by atoms with van der Waals surface area (Å²) in [5.41, 5.74) is 1.30. The molecule has 3 heteroatoms. The van der Waals surface area contributed by atoms with Gasteiger partial charge in [-0.05, 0) is 36.0 Å². The van der Waals surface area contributed by atoms with Gasteiger partial charge in [-0.15, -0.1) is 0 Å². The molecule has 0 saturated heterocycles. The highest BCUT2D eigenvalue weighted by Crippen LogP contribution is 2.29. The van der Waals surface area contributed by atoms with E-state index in [0.29, 0.717) is 25.0 Å². The number of ether oxygens (including phenoxy) is 3. The molecule has 0 fully saturated rings. The van der Waals surface area contributed by atoms with Gasteiger partial charge < -0.3 is 14.2 Å². The molecule has 1 aromatic carbocycles. The molecule has 0 heterocycles. The van der Waals surface area contributed by atoms with Crippen LogP contribution < -0.4 is 9.47 Å². The average molecular weight is 280 g/mol. The summed E-state index contributed by atoms with van der Waals surface area (Å²) in [6.45, 7) is 8.17. The minimum Gasteiger partial charge on any atom is -0.493 e. The first-order chi connectivity index (χ1) is 9.58. The fourth-order valence-corrected chi connectivity index (χ4v) is 1.95. The van der Waals surface area contributed by atoms with E-state index >= 15 is 0 Å². The Morgan fingerprint density at radius 3 is 2.35 bits per heavy atom. The number of methoxy groups -OCH3 is 2. The Labute approximate surface area is 123 Å². The van der Waals surface area contributed by atoms with E-state index in [1.165, 1.54) is 5.56 Å². The second-order valence-corrected chi connectivity index (χ2v) is 5.61. The van der Waals surface area contributed by atoms with Crippen molar-refractivity contribution in [3.63, 3.8) is 0 Å². The molecule has 0 aliphatic rings. The molecule has 0 aliphatic carbocycles. The summed E-state index contributed by atoms with van der Waals surface area (Å²) in [7, 11) is 3.38. The van der Waals surface area contributed by atoms with Crippen molar-refractivity contribution in [2.75, 3.05) is 27.4 Å². The Morgan fingerprint density at radius 2 is 1.75 bits per heavy atom. The van der Waals surface area contributed by atoms with Gasteiger partial charge in [0, 0.05) is 20.1 Å². The molecule has 0 amide bonds. The molecule has 1 aromatic rings. The maximum Gasteiger partial charge on any atom is 0.161 e. The van der Waals surface area contributed by atoms with Crippen LogP contribution in [-0.2, 0) is 11.2 Å². The van der Waals surface area contributed by atoms with Crippen molar-refractivity contribution in [1.82, 2.24) is 0 Å². The second-order valence-electron chi connectivity index (χ2n) is 5.61. The largest absolute Gasteiger partial charge is 0.493 e. The molecular formula is C17H28O3. The van der Waals surface area contributed by atoms with Crippen LogP contribution in [0, 0.1) is 11.8 Å². The molecule has 0 aliphatic heterocycles. The molecule has 20 heavy (non-hydrogen) atoms. The fraction of sp³-hybridized carbons (Fsp3) is 0.647. The van der Waals surface area contributed by atoms with Crippen molar-refractivity contribution in [3.05, 3.63) is 23.8 Å². The monoisotopic (exact) mass is 280 g/mol. The normalized spacial score (nSPS) is 12.5. The van der Waals surface area contributed by atoms with Crippen LogP contribution in [0.1, 0.15) is 32.8 Å². The minimum absolute atomic E-state index is 0.646. The van der Waals surface area contributed by atoms with Gasteiger partial charge in [0.1, 0.15) is 0 Å². The highest BCUT2D eigenvalue weighted by Gasteiger charge is 2.11. The Hall–Kier alpha value is -1.22. The predicted octanol–water partition coefficient (Wildman–Crippen LogP) is 3.95. The summed E-state index contributed by atoms with van der Waals surface area (Å²) in [6, 6.07) is 6.22. The second kappa shape index (κ2) is 8.85. The lowest BCUT2D eigenvalue weighted by Gasteiger charge is -2.17. The van der Waals surface area contributed by atoms with Crippen molar-refractivity contribution in [3.8, 4) is 11.5 Å². The minimum atomic E-state index is 0.646. The number of hydrogen-bond acceptors (Lipinski definition) is 3. The molecule has 0 unspecified atom stereocenters. The van der Waals surface area contributed by atoms with Crippen molar-refractivity contribution in [2.24, 2.45) is 11.8 Å². The number of hydrogen-bond donors (Lipinski definition) is 0. The molecule has 0 spiro atoms. The standard InChI is InChI=1S/C17H28O3/c1-13(2)14(3)11-15-7-8-16(19-5)17(12-15)20-10-6-9-18-4/h7-8,12-14H,6,9-11H2,1-5H3/t14-/m1/s1. The van der Waals surface area contributed by atoms with E-state index in [1.807, 2.05) is 6.07 Å². The van der Waals surface area contributed by atoms with Crippen LogP contribution >= 0.6 is 0 Å². The molecule has 1 rings (SSSR count). The van der Waals surface area contributed by atoms with Crippen molar-refractivity contribution in [2.45, 2.75) is 33.6 Å². The lowest BCUT2D eigenvalue weighted by molar-refractivity contribution is 0.170. The average Bonchev–Trinajstić information content (AvgIpc) is 2.43. The van der Waals surface area contributed by atoms with E-state index in [9.17, 15) is 0 Å². The zero-order valence-corrected chi connectivity index (χ0v) is 13.4. The summed E-state index contributed by atoms with van der Waals surface area (Å²) >= 11 is 0. The summed E-state index contributed by atoms with van der Waals surface area (Å²) in [4.78, 5) is 0.